The molecule has 1 aromatic rings. The molecule has 5 heteroatoms. The number of piperidine rings is 1. The van der Waals surface area contributed by atoms with E-state index in [2.05, 4.69) is 53.5 Å². The Bertz CT molecular complexity index is 629. The quantitative estimate of drug-likeness (QED) is 0.408. The van der Waals surface area contributed by atoms with Gasteiger partial charge < -0.3 is 19.7 Å². The highest BCUT2D eigenvalue weighted by Crippen LogP contribution is 2.19. The van der Waals surface area contributed by atoms with Crippen LogP contribution in [0.2, 0.25) is 0 Å². The zero-order chi connectivity index (χ0) is 20.2. The minimum absolute atomic E-state index is 0.677. The van der Waals surface area contributed by atoms with Gasteiger partial charge in [-0.2, -0.15) is 0 Å². The van der Waals surface area contributed by atoms with Gasteiger partial charge in [0.15, 0.2) is 5.96 Å². The molecule has 1 N–H and O–H groups in total. The summed E-state index contributed by atoms with van der Waals surface area (Å²) < 4.78 is 11.3. The van der Waals surface area contributed by atoms with Crippen molar-refractivity contribution in [2.75, 3.05) is 52.6 Å². The Morgan fingerprint density at radius 1 is 1.21 bits per heavy atom. The van der Waals surface area contributed by atoms with E-state index in [9.17, 15) is 0 Å². The fourth-order valence-electron chi connectivity index (χ4n) is 3.88. The Balaban J connectivity index is 1.38. The standard InChI is InChI=1S/C24H37N3O2/c1-2-25-24(26-13-6-16-29-20-23-11-17-28-18-12-23)27-14-9-22(10-15-27)19-21-7-4-3-5-8-21/h3-5,7-8,19,23H,2,6,9-18,20H2,1H3,(H,25,26). The maximum Gasteiger partial charge on any atom is 0.193 e. The van der Waals surface area contributed by atoms with Crippen molar-refractivity contribution in [3.8, 4) is 0 Å². The molecule has 0 saturated carbocycles. The molecule has 0 radical (unpaired) electrons. The van der Waals surface area contributed by atoms with Crippen LogP contribution in [0.25, 0.3) is 6.08 Å². The van der Waals surface area contributed by atoms with Crippen LogP contribution in [0.3, 0.4) is 0 Å². The van der Waals surface area contributed by atoms with E-state index in [1.54, 1.807) is 0 Å². The number of guanidine groups is 1. The molecular weight excluding hydrogens is 362 g/mol. The number of rotatable bonds is 8. The molecule has 2 heterocycles. The Hall–Kier alpha value is -1.85. The van der Waals surface area contributed by atoms with Crippen LogP contribution in [-0.2, 0) is 9.47 Å². The van der Waals surface area contributed by atoms with E-state index in [1.807, 2.05) is 0 Å². The Labute approximate surface area is 176 Å². The van der Waals surface area contributed by atoms with E-state index in [0.717, 1.165) is 90.7 Å². The van der Waals surface area contributed by atoms with Crippen LogP contribution in [0.5, 0.6) is 0 Å². The molecule has 160 valence electrons. The molecule has 0 aromatic heterocycles. The van der Waals surface area contributed by atoms with Gasteiger partial charge >= 0.3 is 0 Å². The Morgan fingerprint density at radius 2 is 1.97 bits per heavy atom. The number of hydrogen-bond acceptors (Lipinski definition) is 3. The molecule has 0 bridgehead atoms. The van der Waals surface area contributed by atoms with Gasteiger partial charge in [0.25, 0.3) is 0 Å². The first-order chi connectivity index (χ1) is 14.3. The summed E-state index contributed by atoms with van der Waals surface area (Å²) in [5.41, 5.74) is 2.84. The highest BCUT2D eigenvalue weighted by atomic mass is 16.5. The molecule has 1 aromatic carbocycles. The van der Waals surface area contributed by atoms with E-state index < -0.39 is 0 Å². The molecule has 0 spiro atoms. The largest absolute Gasteiger partial charge is 0.381 e. The van der Waals surface area contributed by atoms with Crippen LogP contribution in [0.15, 0.2) is 40.9 Å². The first-order valence-electron chi connectivity index (χ1n) is 11.3. The second-order valence-corrected chi connectivity index (χ2v) is 7.92. The second kappa shape index (κ2) is 12.7. The molecule has 0 amide bonds. The predicted molar refractivity (Wildman–Crippen MR) is 120 cm³/mol. The molecule has 2 aliphatic heterocycles. The van der Waals surface area contributed by atoms with E-state index in [1.165, 1.54) is 11.1 Å². The van der Waals surface area contributed by atoms with Crippen LogP contribution in [0, 0.1) is 5.92 Å². The predicted octanol–water partition coefficient (Wildman–Crippen LogP) is 3.96. The summed E-state index contributed by atoms with van der Waals surface area (Å²) in [4.78, 5) is 7.24. The average Bonchev–Trinajstić information content (AvgIpc) is 2.77. The summed E-state index contributed by atoms with van der Waals surface area (Å²) in [6.45, 7) is 9.37. The number of ether oxygens (including phenoxy) is 2. The number of nitrogens with one attached hydrogen (secondary N) is 1. The van der Waals surface area contributed by atoms with Crippen LogP contribution in [-0.4, -0.2) is 63.5 Å². The summed E-state index contributed by atoms with van der Waals surface area (Å²) in [5, 5.41) is 3.46. The average molecular weight is 400 g/mol. The van der Waals surface area contributed by atoms with Crippen molar-refractivity contribution in [2.24, 2.45) is 10.9 Å². The van der Waals surface area contributed by atoms with Crippen LogP contribution in [0.1, 0.15) is 44.6 Å². The molecule has 29 heavy (non-hydrogen) atoms. The van der Waals surface area contributed by atoms with Crippen molar-refractivity contribution in [3.63, 3.8) is 0 Å². The van der Waals surface area contributed by atoms with Crippen LogP contribution < -0.4 is 5.32 Å². The topological polar surface area (TPSA) is 46.1 Å². The number of hydrogen-bond donors (Lipinski definition) is 1. The second-order valence-electron chi connectivity index (χ2n) is 7.92. The first kappa shape index (κ1) is 21.8. The Kier molecular flexibility index (Phi) is 9.54. The Morgan fingerprint density at radius 3 is 2.69 bits per heavy atom. The van der Waals surface area contributed by atoms with Gasteiger partial charge in [-0.3, -0.25) is 4.99 Å². The summed E-state index contributed by atoms with van der Waals surface area (Å²) in [6.07, 6.45) is 7.81. The summed E-state index contributed by atoms with van der Waals surface area (Å²) in [6, 6.07) is 10.6. The monoisotopic (exact) mass is 399 g/mol. The molecular formula is C24H37N3O2. The fraction of sp³-hybridized carbons (Fsp3) is 0.625. The lowest BCUT2D eigenvalue weighted by Gasteiger charge is -2.31. The number of likely N-dealkylation sites (tertiary alicyclic amines) is 1. The van der Waals surface area contributed by atoms with E-state index in [4.69, 9.17) is 14.5 Å². The molecule has 0 aliphatic carbocycles. The van der Waals surface area contributed by atoms with Crippen molar-refractivity contribution in [3.05, 3.63) is 41.5 Å². The molecule has 5 nitrogen and oxygen atoms in total. The fourth-order valence-corrected chi connectivity index (χ4v) is 3.88. The molecule has 0 unspecified atom stereocenters. The summed E-state index contributed by atoms with van der Waals surface area (Å²) in [7, 11) is 0. The lowest BCUT2D eigenvalue weighted by Crippen LogP contribution is -2.44. The minimum Gasteiger partial charge on any atom is -0.381 e. The number of aliphatic imine (C=N–C) groups is 1. The summed E-state index contributed by atoms with van der Waals surface area (Å²) in [5.74, 6) is 1.73. The van der Waals surface area contributed by atoms with Gasteiger partial charge in [-0.05, 0) is 50.5 Å². The van der Waals surface area contributed by atoms with Gasteiger partial charge in [0, 0.05) is 52.6 Å². The number of benzene rings is 1. The van der Waals surface area contributed by atoms with Crippen LogP contribution in [0.4, 0.5) is 0 Å². The third kappa shape index (κ3) is 7.82. The summed E-state index contributed by atoms with van der Waals surface area (Å²) >= 11 is 0. The lowest BCUT2D eigenvalue weighted by molar-refractivity contribution is 0.0205. The van der Waals surface area contributed by atoms with Gasteiger partial charge in [-0.1, -0.05) is 42.0 Å². The molecule has 2 fully saturated rings. The molecule has 2 aliphatic rings. The van der Waals surface area contributed by atoms with Gasteiger partial charge in [-0.15, -0.1) is 0 Å². The van der Waals surface area contributed by atoms with E-state index in [-0.39, 0.29) is 0 Å². The van der Waals surface area contributed by atoms with Gasteiger partial charge in [0.05, 0.1) is 0 Å². The zero-order valence-corrected chi connectivity index (χ0v) is 17.9. The molecule has 2 saturated heterocycles. The first-order valence-corrected chi connectivity index (χ1v) is 11.3. The highest BCUT2D eigenvalue weighted by Gasteiger charge is 2.17. The van der Waals surface area contributed by atoms with E-state index in [0.29, 0.717) is 5.92 Å². The lowest BCUT2D eigenvalue weighted by atomic mass is 10.0. The van der Waals surface area contributed by atoms with Crippen molar-refractivity contribution in [1.82, 2.24) is 10.2 Å². The van der Waals surface area contributed by atoms with Crippen molar-refractivity contribution >= 4 is 12.0 Å². The maximum absolute atomic E-state index is 5.86. The highest BCUT2D eigenvalue weighted by molar-refractivity contribution is 5.80. The van der Waals surface area contributed by atoms with Crippen molar-refractivity contribution in [2.45, 2.75) is 39.0 Å². The van der Waals surface area contributed by atoms with Gasteiger partial charge in [-0.25, -0.2) is 0 Å². The van der Waals surface area contributed by atoms with Crippen molar-refractivity contribution in [1.29, 1.82) is 0 Å². The molecule has 3 rings (SSSR count). The smallest absolute Gasteiger partial charge is 0.193 e. The zero-order valence-electron chi connectivity index (χ0n) is 17.9. The van der Waals surface area contributed by atoms with Crippen LogP contribution >= 0.6 is 0 Å². The van der Waals surface area contributed by atoms with Gasteiger partial charge in [0.1, 0.15) is 0 Å². The SMILES string of the molecule is CCNC(=NCCCOCC1CCOCC1)N1CCC(=Cc2ccccc2)CC1. The maximum atomic E-state index is 5.86. The normalized spacial score (nSPS) is 18.7. The van der Waals surface area contributed by atoms with Gasteiger partial charge in [0.2, 0.25) is 0 Å². The third-order valence-corrected chi connectivity index (χ3v) is 5.61. The minimum atomic E-state index is 0.677. The third-order valence-electron chi connectivity index (χ3n) is 5.61. The van der Waals surface area contributed by atoms with Crippen molar-refractivity contribution < 1.29 is 9.47 Å². The molecule has 0 atom stereocenters. The number of nitrogens with zero attached hydrogens (tertiary/aromatic N) is 2. The van der Waals surface area contributed by atoms with E-state index >= 15 is 0 Å².